The molecule has 0 saturated heterocycles. The molecular formula is C11H15. The van der Waals surface area contributed by atoms with Crippen molar-refractivity contribution in [2.45, 2.75) is 33.1 Å². The molecule has 0 saturated carbocycles. The number of benzene rings is 1. The van der Waals surface area contributed by atoms with Gasteiger partial charge in [-0.05, 0) is 29.5 Å². The Labute approximate surface area is 69.3 Å². The Kier molecular flexibility index (Phi) is 2.70. The van der Waals surface area contributed by atoms with Gasteiger partial charge < -0.3 is 0 Å². The fraction of sp³-hybridized carbons (Fsp3) is 0.455. The van der Waals surface area contributed by atoms with Gasteiger partial charge in [0.1, 0.15) is 0 Å². The Hall–Kier alpha value is -0.780. The van der Waals surface area contributed by atoms with Crippen LogP contribution in [0.15, 0.2) is 18.2 Å². The summed E-state index contributed by atoms with van der Waals surface area (Å²) >= 11 is 0. The molecule has 0 amide bonds. The molecule has 1 rings (SSSR count). The normalized spacial score (nSPS) is 10.5. The third-order valence-corrected chi connectivity index (χ3v) is 1.95. The first-order valence-electron chi connectivity index (χ1n) is 4.24. The summed E-state index contributed by atoms with van der Waals surface area (Å²) in [6.07, 6.45) is 1.08. The lowest BCUT2D eigenvalue weighted by Gasteiger charge is -2.04. The molecule has 0 heterocycles. The van der Waals surface area contributed by atoms with Crippen molar-refractivity contribution < 1.29 is 0 Å². The highest BCUT2D eigenvalue weighted by Crippen LogP contribution is 2.14. The van der Waals surface area contributed by atoms with Crippen molar-refractivity contribution in [2.24, 2.45) is 0 Å². The molecule has 0 bridgehead atoms. The zero-order chi connectivity index (χ0) is 8.27. The van der Waals surface area contributed by atoms with Crippen LogP contribution in [0.3, 0.4) is 0 Å². The minimum absolute atomic E-state index is 0.622. The Morgan fingerprint density at radius 3 is 2.45 bits per heavy atom. The number of rotatable bonds is 2. The highest BCUT2D eigenvalue weighted by atomic mass is 14.0. The van der Waals surface area contributed by atoms with Crippen LogP contribution >= 0.6 is 0 Å². The molecule has 0 spiro atoms. The lowest BCUT2D eigenvalue weighted by atomic mass is 10.0. The van der Waals surface area contributed by atoms with Crippen molar-refractivity contribution in [3.8, 4) is 0 Å². The van der Waals surface area contributed by atoms with Gasteiger partial charge in [0, 0.05) is 0 Å². The van der Waals surface area contributed by atoms with Crippen molar-refractivity contribution in [2.75, 3.05) is 0 Å². The maximum atomic E-state index is 3.27. The van der Waals surface area contributed by atoms with E-state index in [4.69, 9.17) is 0 Å². The van der Waals surface area contributed by atoms with Crippen LogP contribution in [-0.2, 0) is 6.42 Å². The van der Waals surface area contributed by atoms with Crippen LogP contribution in [0.2, 0.25) is 0 Å². The predicted molar refractivity (Wildman–Crippen MR) is 48.7 cm³/mol. The van der Waals surface area contributed by atoms with Crippen molar-refractivity contribution in [3.05, 3.63) is 35.4 Å². The average molecular weight is 147 g/mol. The van der Waals surface area contributed by atoms with Crippen LogP contribution in [0.1, 0.15) is 37.8 Å². The van der Waals surface area contributed by atoms with Gasteiger partial charge >= 0.3 is 0 Å². The summed E-state index contributed by atoms with van der Waals surface area (Å²) in [6, 6.07) is 9.73. The summed E-state index contributed by atoms with van der Waals surface area (Å²) in [4.78, 5) is 0. The summed E-state index contributed by atoms with van der Waals surface area (Å²) in [5.41, 5.74) is 2.68. The quantitative estimate of drug-likeness (QED) is 0.602. The Morgan fingerprint density at radius 2 is 2.09 bits per heavy atom. The topological polar surface area (TPSA) is 0 Å². The van der Waals surface area contributed by atoms with Gasteiger partial charge in [-0.3, -0.25) is 0 Å². The number of hydrogen-bond acceptors (Lipinski definition) is 0. The molecule has 0 atom stereocenters. The lowest BCUT2D eigenvalue weighted by molar-refractivity contribution is 0.864. The maximum absolute atomic E-state index is 3.27. The fourth-order valence-electron chi connectivity index (χ4n) is 1.05. The van der Waals surface area contributed by atoms with Gasteiger partial charge in [-0.2, -0.15) is 0 Å². The Bertz CT molecular complexity index is 206. The zero-order valence-electron chi connectivity index (χ0n) is 7.52. The molecule has 1 aromatic carbocycles. The van der Waals surface area contributed by atoms with E-state index in [1.165, 1.54) is 11.1 Å². The first kappa shape index (κ1) is 8.32. The molecule has 0 unspecified atom stereocenters. The monoisotopic (exact) mass is 147 g/mol. The average Bonchev–Trinajstić information content (AvgIpc) is 2.05. The van der Waals surface area contributed by atoms with E-state index in [9.17, 15) is 0 Å². The van der Waals surface area contributed by atoms with E-state index in [1.54, 1.807) is 0 Å². The molecule has 0 heteroatoms. The van der Waals surface area contributed by atoms with Gasteiger partial charge in [-0.15, -0.1) is 0 Å². The van der Waals surface area contributed by atoms with Gasteiger partial charge in [0.05, 0.1) is 0 Å². The molecule has 0 aliphatic heterocycles. The molecule has 0 nitrogen and oxygen atoms in total. The van der Waals surface area contributed by atoms with Crippen molar-refractivity contribution >= 4 is 0 Å². The molecular weight excluding hydrogens is 132 g/mol. The van der Waals surface area contributed by atoms with E-state index >= 15 is 0 Å². The summed E-state index contributed by atoms with van der Waals surface area (Å²) in [5, 5.41) is 0. The first-order valence-corrected chi connectivity index (χ1v) is 4.24. The minimum atomic E-state index is 0.622. The lowest BCUT2D eigenvalue weighted by Crippen LogP contribution is -1.87. The number of hydrogen-bond donors (Lipinski definition) is 0. The van der Waals surface area contributed by atoms with E-state index < -0.39 is 0 Å². The van der Waals surface area contributed by atoms with E-state index in [2.05, 4.69) is 45.0 Å². The van der Waals surface area contributed by atoms with E-state index in [0.29, 0.717) is 5.92 Å². The van der Waals surface area contributed by atoms with Crippen LogP contribution in [0, 0.1) is 6.07 Å². The Balaban J connectivity index is 2.83. The van der Waals surface area contributed by atoms with Crippen molar-refractivity contribution in [1.82, 2.24) is 0 Å². The van der Waals surface area contributed by atoms with Crippen molar-refractivity contribution in [3.63, 3.8) is 0 Å². The van der Waals surface area contributed by atoms with Gasteiger partial charge in [-0.25, -0.2) is 0 Å². The van der Waals surface area contributed by atoms with Crippen LogP contribution in [0.4, 0.5) is 0 Å². The summed E-state index contributed by atoms with van der Waals surface area (Å²) in [6.45, 7) is 6.56. The smallest absolute Gasteiger partial charge is 0.0146 e. The van der Waals surface area contributed by atoms with Crippen LogP contribution in [-0.4, -0.2) is 0 Å². The van der Waals surface area contributed by atoms with Gasteiger partial charge in [0.2, 0.25) is 0 Å². The summed E-state index contributed by atoms with van der Waals surface area (Å²) in [7, 11) is 0. The molecule has 59 valence electrons. The second-order valence-corrected chi connectivity index (χ2v) is 3.16. The third kappa shape index (κ3) is 2.07. The van der Waals surface area contributed by atoms with Crippen LogP contribution < -0.4 is 0 Å². The molecule has 0 aliphatic rings. The van der Waals surface area contributed by atoms with Gasteiger partial charge in [-0.1, -0.05) is 39.0 Å². The Morgan fingerprint density at radius 1 is 1.36 bits per heavy atom. The molecule has 0 fully saturated rings. The van der Waals surface area contributed by atoms with E-state index in [-0.39, 0.29) is 0 Å². The van der Waals surface area contributed by atoms with E-state index in [1.807, 2.05) is 0 Å². The van der Waals surface area contributed by atoms with Crippen LogP contribution in [0.5, 0.6) is 0 Å². The fourth-order valence-corrected chi connectivity index (χ4v) is 1.05. The predicted octanol–water partition coefficient (Wildman–Crippen LogP) is 3.17. The molecule has 0 N–H and O–H groups in total. The second-order valence-electron chi connectivity index (χ2n) is 3.16. The molecule has 11 heavy (non-hydrogen) atoms. The number of aryl methyl sites for hydroxylation is 1. The highest BCUT2D eigenvalue weighted by Gasteiger charge is 1.97. The highest BCUT2D eigenvalue weighted by molar-refractivity contribution is 5.23. The van der Waals surface area contributed by atoms with Crippen LogP contribution in [0.25, 0.3) is 0 Å². The minimum Gasteiger partial charge on any atom is -0.0613 e. The summed E-state index contributed by atoms with van der Waals surface area (Å²) < 4.78 is 0. The maximum Gasteiger partial charge on any atom is -0.0146 e. The third-order valence-electron chi connectivity index (χ3n) is 1.95. The standard InChI is InChI=1S/C11H15/c1-4-10-5-7-11(8-6-10)9(2)3/h5,7-9H,4H2,1-3H3. The largest absolute Gasteiger partial charge is 0.0613 e. The van der Waals surface area contributed by atoms with Crippen molar-refractivity contribution in [1.29, 1.82) is 0 Å². The van der Waals surface area contributed by atoms with Gasteiger partial charge in [0.25, 0.3) is 0 Å². The molecule has 0 aromatic heterocycles. The molecule has 1 radical (unpaired) electrons. The molecule has 0 aliphatic carbocycles. The first-order chi connectivity index (χ1) is 5.24. The second kappa shape index (κ2) is 3.56. The van der Waals surface area contributed by atoms with E-state index in [0.717, 1.165) is 6.42 Å². The zero-order valence-corrected chi connectivity index (χ0v) is 7.52. The SMILES string of the molecule is CCc1[c]cc(C(C)C)cc1. The molecule has 1 aromatic rings. The van der Waals surface area contributed by atoms with Gasteiger partial charge in [0.15, 0.2) is 0 Å². The summed E-state index contributed by atoms with van der Waals surface area (Å²) in [5.74, 6) is 0.622.